The second-order valence-corrected chi connectivity index (χ2v) is 9.27. The van der Waals surface area contributed by atoms with Crippen LogP contribution in [-0.2, 0) is 15.0 Å². The number of nitrogens with zero attached hydrogens (tertiary/aromatic N) is 1. The number of fused-ring (bicyclic) bond motifs is 5. The number of amides is 1. The van der Waals surface area contributed by atoms with E-state index in [9.17, 15) is 14.4 Å². The lowest BCUT2D eigenvalue weighted by molar-refractivity contribution is -0.127. The predicted molar refractivity (Wildman–Crippen MR) is 134 cm³/mol. The molecule has 35 heavy (non-hydrogen) atoms. The van der Waals surface area contributed by atoms with Crippen molar-refractivity contribution in [3.63, 3.8) is 0 Å². The average Bonchev–Trinajstić information content (AvgIpc) is 3.36. The third-order valence-electron chi connectivity index (χ3n) is 7.57. The monoisotopic (exact) mass is 464 g/mol. The van der Waals surface area contributed by atoms with Gasteiger partial charge in [0.25, 0.3) is 0 Å². The number of rotatable bonds is 4. The summed E-state index contributed by atoms with van der Waals surface area (Å²) >= 11 is 0. The number of carbonyl (C=O) groups excluding carboxylic acids is 3. The molecule has 1 N–H and O–H groups in total. The van der Waals surface area contributed by atoms with E-state index in [1.54, 1.807) is 31.4 Å². The van der Waals surface area contributed by atoms with Gasteiger partial charge in [-0.05, 0) is 42.3 Å². The largest absolute Gasteiger partial charge is 0.497 e. The maximum absolute atomic E-state index is 14.4. The minimum absolute atomic E-state index is 0.159. The SMILES string of the molecule is COc1cccc(C(=O)[C@H]2C3C=Cc4ccccc4N3[C@@H](C(C)=O)[C@@]23C(=O)Nc2ccccc23)c1. The van der Waals surface area contributed by atoms with Crippen molar-refractivity contribution in [2.45, 2.75) is 24.4 Å². The molecule has 0 saturated carbocycles. The summed E-state index contributed by atoms with van der Waals surface area (Å²) in [5, 5.41) is 2.99. The number of benzene rings is 3. The van der Waals surface area contributed by atoms with Crippen LogP contribution in [0.5, 0.6) is 5.75 Å². The maximum Gasteiger partial charge on any atom is 0.238 e. The van der Waals surface area contributed by atoms with E-state index in [1.807, 2.05) is 65.6 Å². The first kappa shape index (κ1) is 21.4. The van der Waals surface area contributed by atoms with E-state index < -0.39 is 23.4 Å². The zero-order valence-electron chi connectivity index (χ0n) is 19.4. The van der Waals surface area contributed by atoms with Crippen LogP contribution in [0.1, 0.15) is 28.4 Å². The Morgan fingerprint density at radius 1 is 1.00 bits per heavy atom. The van der Waals surface area contributed by atoms with Crippen molar-refractivity contribution in [1.29, 1.82) is 0 Å². The van der Waals surface area contributed by atoms with Crippen LogP contribution in [-0.4, -0.2) is 36.7 Å². The molecule has 3 aliphatic heterocycles. The van der Waals surface area contributed by atoms with E-state index in [2.05, 4.69) is 5.32 Å². The van der Waals surface area contributed by atoms with Crippen molar-refractivity contribution < 1.29 is 19.1 Å². The quantitative estimate of drug-likeness (QED) is 0.584. The molecule has 0 aromatic heterocycles. The number of para-hydroxylation sites is 2. The van der Waals surface area contributed by atoms with Gasteiger partial charge in [-0.15, -0.1) is 0 Å². The zero-order chi connectivity index (χ0) is 24.3. The molecule has 3 aromatic carbocycles. The number of ketones is 2. The van der Waals surface area contributed by atoms with E-state index in [1.165, 1.54) is 6.92 Å². The molecule has 0 radical (unpaired) electrons. The molecule has 6 heteroatoms. The molecule has 0 bridgehead atoms. The maximum atomic E-state index is 14.4. The number of ether oxygens (including phenoxy) is 1. The fourth-order valence-electron chi connectivity index (χ4n) is 6.28. The predicted octanol–water partition coefficient (Wildman–Crippen LogP) is 4.26. The molecule has 174 valence electrons. The molecule has 1 saturated heterocycles. The Morgan fingerprint density at radius 2 is 1.77 bits per heavy atom. The van der Waals surface area contributed by atoms with Crippen LogP contribution in [0, 0.1) is 5.92 Å². The van der Waals surface area contributed by atoms with Gasteiger partial charge in [-0.25, -0.2) is 0 Å². The fraction of sp³-hybridized carbons (Fsp3) is 0.207. The standard InChI is InChI=1S/C29H24N2O4/c1-17(32)27-29(21-11-4-5-12-22(21)30-28(29)34)25(26(33)19-9-7-10-20(16-19)35-2)24-15-14-18-8-3-6-13-23(18)31(24)27/h3-16,24-25,27H,1-2H3,(H,30,34)/t24?,25-,27+,29+/m1/s1. The lowest BCUT2D eigenvalue weighted by Gasteiger charge is -2.36. The Morgan fingerprint density at radius 3 is 2.57 bits per heavy atom. The molecule has 1 amide bonds. The molecule has 1 unspecified atom stereocenters. The van der Waals surface area contributed by atoms with Crippen molar-refractivity contribution in [2.75, 3.05) is 17.3 Å². The lowest BCUT2D eigenvalue weighted by Crippen LogP contribution is -2.54. The van der Waals surface area contributed by atoms with Crippen molar-refractivity contribution in [1.82, 2.24) is 0 Å². The summed E-state index contributed by atoms with van der Waals surface area (Å²) in [4.78, 5) is 43.8. The van der Waals surface area contributed by atoms with Crippen molar-refractivity contribution in [2.24, 2.45) is 5.92 Å². The van der Waals surface area contributed by atoms with Crippen LogP contribution in [0.15, 0.2) is 78.9 Å². The smallest absolute Gasteiger partial charge is 0.238 e. The molecule has 6 nitrogen and oxygen atoms in total. The molecule has 3 aromatic rings. The molecular formula is C29H24N2O4. The first-order chi connectivity index (χ1) is 17.0. The molecule has 3 aliphatic rings. The van der Waals surface area contributed by atoms with Gasteiger partial charge in [0.1, 0.15) is 17.2 Å². The summed E-state index contributed by atoms with van der Waals surface area (Å²) < 4.78 is 5.36. The third kappa shape index (κ3) is 2.80. The fourth-order valence-corrected chi connectivity index (χ4v) is 6.28. The van der Waals surface area contributed by atoms with Crippen molar-refractivity contribution in [3.05, 3.63) is 95.6 Å². The molecule has 0 aliphatic carbocycles. The highest BCUT2D eigenvalue weighted by molar-refractivity contribution is 6.17. The molecule has 6 rings (SSSR count). The Bertz CT molecular complexity index is 1430. The summed E-state index contributed by atoms with van der Waals surface area (Å²) in [6, 6.07) is 20.8. The first-order valence-corrected chi connectivity index (χ1v) is 11.6. The number of methoxy groups -OCH3 is 1. The topological polar surface area (TPSA) is 75.7 Å². The van der Waals surface area contributed by atoms with Crippen LogP contribution < -0.4 is 15.0 Å². The van der Waals surface area contributed by atoms with E-state index in [4.69, 9.17) is 4.74 Å². The van der Waals surface area contributed by atoms with Crippen LogP contribution in [0.2, 0.25) is 0 Å². The number of carbonyl (C=O) groups is 3. The van der Waals surface area contributed by atoms with Crippen LogP contribution >= 0.6 is 0 Å². The first-order valence-electron chi connectivity index (χ1n) is 11.6. The van der Waals surface area contributed by atoms with Crippen LogP contribution in [0.25, 0.3) is 6.08 Å². The highest BCUT2D eigenvalue weighted by Crippen LogP contribution is 2.57. The second-order valence-electron chi connectivity index (χ2n) is 9.27. The van der Waals surface area contributed by atoms with Gasteiger partial charge in [-0.2, -0.15) is 0 Å². The molecule has 1 fully saturated rings. The van der Waals surface area contributed by atoms with Gasteiger partial charge in [0.2, 0.25) is 5.91 Å². The highest BCUT2D eigenvalue weighted by atomic mass is 16.5. The van der Waals surface area contributed by atoms with Crippen molar-refractivity contribution >= 4 is 34.9 Å². The Labute approximate surface area is 203 Å². The second kappa shape index (κ2) is 7.67. The number of Topliss-reactive ketones (excluding diaryl/α,β-unsaturated/α-hetero) is 2. The van der Waals surface area contributed by atoms with E-state index in [0.717, 1.165) is 11.3 Å². The Kier molecular flexibility index (Phi) is 4.68. The van der Waals surface area contributed by atoms with Crippen LogP contribution in [0.3, 0.4) is 0 Å². The number of hydrogen-bond acceptors (Lipinski definition) is 5. The minimum atomic E-state index is -1.38. The van der Waals surface area contributed by atoms with Gasteiger partial charge >= 0.3 is 0 Å². The normalized spacial score (nSPS) is 25.6. The van der Waals surface area contributed by atoms with E-state index in [0.29, 0.717) is 22.6 Å². The summed E-state index contributed by atoms with van der Waals surface area (Å²) in [7, 11) is 1.55. The highest BCUT2D eigenvalue weighted by Gasteiger charge is 2.70. The van der Waals surface area contributed by atoms with E-state index in [-0.39, 0.29) is 17.5 Å². The Balaban J connectivity index is 1.65. The van der Waals surface area contributed by atoms with Gasteiger partial charge in [-0.1, -0.05) is 60.7 Å². The summed E-state index contributed by atoms with van der Waals surface area (Å²) in [5.41, 5.74) is 2.19. The minimum Gasteiger partial charge on any atom is -0.497 e. The molecular weight excluding hydrogens is 440 g/mol. The van der Waals surface area contributed by atoms with Gasteiger partial charge < -0.3 is 15.0 Å². The van der Waals surface area contributed by atoms with Gasteiger partial charge in [-0.3, -0.25) is 14.4 Å². The van der Waals surface area contributed by atoms with Gasteiger partial charge in [0.15, 0.2) is 11.6 Å². The molecule has 1 spiro atoms. The zero-order valence-corrected chi connectivity index (χ0v) is 19.4. The molecule has 4 atom stereocenters. The Hall–Kier alpha value is -4.19. The summed E-state index contributed by atoms with van der Waals surface area (Å²) in [6.07, 6.45) is 3.95. The number of hydrogen-bond donors (Lipinski definition) is 1. The van der Waals surface area contributed by atoms with E-state index >= 15 is 0 Å². The number of nitrogens with one attached hydrogen (secondary N) is 1. The average molecular weight is 465 g/mol. The number of anilines is 2. The van der Waals surface area contributed by atoms with Gasteiger partial charge in [0, 0.05) is 16.9 Å². The lowest BCUT2D eigenvalue weighted by atomic mass is 9.64. The summed E-state index contributed by atoms with van der Waals surface area (Å²) in [6.45, 7) is 1.51. The third-order valence-corrected chi connectivity index (χ3v) is 7.57. The van der Waals surface area contributed by atoms with Crippen molar-refractivity contribution in [3.8, 4) is 5.75 Å². The van der Waals surface area contributed by atoms with Gasteiger partial charge in [0.05, 0.1) is 19.1 Å². The molecule has 3 heterocycles. The van der Waals surface area contributed by atoms with Crippen LogP contribution in [0.4, 0.5) is 11.4 Å². The summed E-state index contributed by atoms with van der Waals surface area (Å²) in [5.74, 6) is -0.938.